The van der Waals surface area contributed by atoms with Gasteiger partial charge in [0.1, 0.15) is 40.9 Å². The molecule has 5 heterocycles. The number of rotatable bonds is 13. The minimum Gasteiger partial charge on any atom is -0.456 e. The van der Waals surface area contributed by atoms with Crippen molar-refractivity contribution in [3.63, 3.8) is 0 Å². The van der Waals surface area contributed by atoms with Crippen LogP contribution in [0.5, 0.6) is 0 Å². The smallest absolute Gasteiger partial charge is 0.407 e. The van der Waals surface area contributed by atoms with E-state index >= 15 is 4.39 Å². The number of aromatic nitrogens is 4. The van der Waals surface area contributed by atoms with Crippen molar-refractivity contribution in [1.29, 1.82) is 0 Å². The number of amides is 3. The molecule has 0 aliphatic carbocycles. The van der Waals surface area contributed by atoms with Gasteiger partial charge in [-0.25, -0.2) is 19.2 Å². The van der Waals surface area contributed by atoms with Gasteiger partial charge in [-0.3, -0.25) is 14.9 Å². The van der Waals surface area contributed by atoms with Gasteiger partial charge in [0.15, 0.2) is 0 Å². The summed E-state index contributed by atoms with van der Waals surface area (Å²) in [5.41, 5.74) is 4.95. The number of likely N-dealkylation sites (tertiary alicyclic amines) is 2. The molecule has 15 nitrogen and oxygen atoms in total. The number of benzene rings is 4. The second kappa shape index (κ2) is 18.3. The molecule has 5 atom stereocenters. The summed E-state index contributed by atoms with van der Waals surface area (Å²) in [6, 6.07) is 28.2. The predicted molar refractivity (Wildman–Crippen MR) is 234 cm³/mol. The number of aromatic amines is 2. The summed E-state index contributed by atoms with van der Waals surface area (Å²) < 4.78 is 31.9. The van der Waals surface area contributed by atoms with Crippen molar-refractivity contribution < 1.29 is 37.8 Å². The normalized spacial score (nSPS) is 17.7. The molecule has 0 spiro atoms. The van der Waals surface area contributed by atoms with Crippen LogP contribution >= 0.6 is 0 Å². The number of carbonyl (C=O) groups is 3. The van der Waals surface area contributed by atoms with Crippen LogP contribution in [0.3, 0.4) is 0 Å². The van der Waals surface area contributed by atoms with Crippen LogP contribution in [-0.4, -0.2) is 86.5 Å². The summed E-state index contributed by atoms with van der Waals surface area (Å²) in [6.45, 7) is 1.02. The number of aliphatic hydroxyl groups is 1. The van der Waals surface area contributed by atoms with E-state index in [0.29, 0.717) is 64.9 Å². The van der Waals surface area contributed by atoms with E-state index in [1.54, 1.807) is 64.7 Å². The van der Waals surface area contributed by atoms with Crippen molar-refractivity contribution in [3.8, 4) is 33.8 Å². The Balaban J connectivity index is 0.899. The number of H-pyrrole nitrogens is 2. The average molecular weight is 867 g/mol. The van der Waals surface area contributed by atoms with Crippen LogP contribution in [0.25, 0.3) is 44.8 Å². The van der Waals surface area contributed by atoms with Crippen LogP contribution in [0, 0.1) is 5.82 Å². The number of halogens is 1. The lowest BCUT2D eigenvalue weighted by Gasteiger charge is -2.29. The monoisotopic (exact) mass is 866 g/mol. The van der Waals surface area contributed by atoms with E-state index < -0.39 is 30.4 Å². The molecule has 0 saturated carbocycles. The van der Waals surface area contributed by atoms with Gasteiger partial charge in [0.25, 0.3) is 5.91 Å². The first kappa shape index (κ1) is 42.2. The zero-order chi connectivity index (χ0) is 44.3. The van der Waals surface area contributed by atoms with Gasteiger partial charge in [-0.2, -0.15) is 0 Å². The Hall–Kier alpha value is -7.14. The maximum Gasteiger partial charge on any atom is 0.407 e. The quantitative estimate of drug-likeness (QED) is 0.0718. The number of ether oxygens (including phenoxy) is 2. The summed E-state index contributed by atoms with van der Waals surface area (Å²) in [5.74, 6) is 0.614. The molecule has 3 aromatic heterocycles. The molecule has 2 saturated heterocycles. The van der Waals surface area contributed by atoms with E-state index in [4.69, 9.17) is 18.9 Å². The van der Waals surface area contributed by atoms with Crippen molar-refractivity contribution in [2.75, 3.05) is 27.3 Å². The number of carbonyl (C=O) groups excluding carboxylic acids is 3. The van der Waals surface area contributed by atoms with Crippen LogP contribution in [0.2, 0.25) is 0 Å². The summed E-state index contributed by atoms with van der Waals surface area (Å²) in [5, 5.41) is 16.6. The summed E-state index contributed by atoms with van der Waals surface area (Å²) >= 11 is 0. The van der Waals surface area contributed by atoms with Gasteiger partial charge in [0.05, 0.1) is 48.5 Å². The summed E-state index contributed by atoms with van der Waals surface area (Å²) in [7, 11) is 2.61. The van der Waals surface area contributed by atoms with Gasteiger partial charge < -0.3 is 44.1 Å². The van der Waals surface area contributed by atoms with E-state index in [1.165, 1.54) is 20.3 Å². The Bertz CT molecular complexity index is 2770. The number of imidazole rings is 2. The lowest BCUT2D eigenvalue weighted by molar-refractivity contribution is -0.143. The predicted octanol–water partition coefficient (Wildman–Crippen LogP) is 7.70. The number of hydrogen-bond acceptors (Lipinski definition) is 10. The van der Waals surface area contributed by atoms with Crippen molar-refractivity contribution in [2.24, 2.45) is 0 Å². The van der Waals surface area contributed by atoms with E-state index in [-0.39, 0.29) is 29.5 Å². The Labute approximate surface area is 367 Å². The molecule has 2 fully saturated rings. The zero-order valence-electron chi connectivity index (χ0n) is 35.2. The number of nitrogens with zero attached hydrogens (tertiary/aromatic N) is 4. The fourth-order valence-corrected chi connectivity index (χ4v) is 8.77. The SMILES string of the molecule is COC(=O)N[C@@H](C(=O)N1CCC[C@H]1c1ncc(-c2ccc(-c3cc4cc(-c5cnc([C@@H]6CCCN6C(=O)[C@H](NC(O)OC)c6ccccc6)[nH]5)ccc4o3)c(F)c2)[nH]1)c1ccccc1. The average Bonchev–Trinajstić information content (AvgIpc) is 4.19. The van der Waals surface area contributed by atoms with E-state index in [1.807, 2.05) is 54.6 Å². The largest absolute Gasteiger partial charge is 0.456 e. The second-order valence-corrected chi connectivity index (χ2v) is 15.9. The molecule has 2 aliphatic heterocycles. The number of aliphatic hydroxyl groups excluding tert-OH is 1. The molecule has 16 heteroatoms. The van der Waals surface area contributed by atoms with Gasteiger partial charge in [-0.05, 0) is 73.2 Å². The maximum absolute atomic E-state index is 16.0. The standard InChI is InChI=1S/C48H47FN8O7/c1-62-47(60)54-41(28-11-5-3-6-12-28)45(58)56-21-9-15-37(56)43-50-26-35(52-43)30-18-20-39-32(23-30)25-40(64-39)33-19-17-31(24-34(33)49)36-27-51-44(53-36)38-16-10-22-57(38)46(59)42(55-48(61)63-2)29-13-7-4-8-14-29/h3-8,11-14,17-20,23-27,37-38,41-42,47,54,60H,9-10,15-16,21-22H2,1-2H3,(H,50,52)(H,51,53)(H,55,61)/t37-,38-,41+,42+,47?/m0/s1. The Morgan fingerprint density at radius 3 is 1.91 bits per heavy atom. The Kier molecular flexibility index (Phi) is 12.1. The third-order valence-corrected chi connectivity index (χ3v) is 12.0. The summed E-state index contributed by atoms with van der Waals surface area (Å²) in [4.78, 5) is 59.7. The molecule has 64 heavy (non-hydrogen) atoms. The number of hydrogen-bond donors (Lipinski definition) is 5. The van der Waals surface area contributed by atoms with Crippen LogP contribution in [0.15, 0.2) is 120 Å². The first-order valence-corrected chi connectivity index (χ1v) is 21.2. The fraction of sp³-hybridized carbons (Fsp3) is 0.271. The molecule has 328 valence electrons. The molecule has 9 rings (SSSR count). The highest BCUT2D eigenvalue weighted by atomic mass is 19.1. The minimum atomic E-state index is -1.33. The molecular weight excluding hydrogens is 820 g/mol. The maximum atomic E-state index is 16.0. The van der Waals surface area contributed by atoms with Crippen molar-refractivity contribution in [1.82, 2.24) is 40.4 Å². The van der Waals surface area contributed by atoms with Crippen LogP contribution in [-0.2, 0) is 19.1 Å². The molecule has 5 N–H and O–H groups in total. The highest BCUT2D eigenvalue weighted by Gasteiger charge is 2.38. The number of methoxy groups -OCH3 is 2. The third kappa shape index (κ3) is 8.50. The zero-order valence-corrected chi connectivity index (χ0v) is 35.2. The van der Waals surface area contributed by atoms with Gasteiger partial charge in [0.2, 0.25) is 12.3 Å². The molecule has 7 aromatic rings. The Morgan fingerprint density at radius 1 is 0.766 bits per heavy atom. The number of furan rings is 1. The highest BCUT2D eigenvalue weighted by Crippen LogP contribution is 2.38. The third-order valence-electron chi connectivity index (χ3n) is 12.0. The van der Waals surface area contributed by atoms with Crippen molar-refractivity contribution in [3.05, 3.63) is 144 Å². The first-order chi connectivity index (χ1) is 31.2. The van der Waals surface area contributed by atoms with Crippen LogP contribution in [0.4, 0.5) is 9.18 Å². The Morgan fingerprint density at radius 2 is 1.33 bits per heavy atom. The van der Waals surface area contributed by atoms with Gasteiger partial charge in [0, 0.05) is 36.7 Å². The number of alkyl carbamates (subject to hydrolysis) is 1. The molecule has 1 unspecified atom stereocenters. The van der Waals surface area contributed by atoms with Crippen LogP contribution in [0.1, 0.15) is 72.6 Å². The molecular formula is C48H47FN8O7. The van der Waals surface area contributed by atoms with E-state index in [2.05, 4.69) is 25.6 Å². The summed E-state index contributed by atoms with van der Waals surface area (Å²) in [6.07, 6.45) is 4.25. The van der Waals surface area contributed by atoms with Crippen LogP contribution < -0.4 is 10.6 Å². The first-order valence-electron chi connectivity index (χ1n) is 21.2. The fourth-order valence-electron chi connectivity index (χ4n) is 8.77. The van der Waals surface area contributed by atoms with Crippen molar-refractivity contribution in [2.45, 2.75) is 56.3 Å². The van der Waals surface area contributed by atoms with E-state index in [9.17, 15) is 19.5 Å². The van der Waals surface area contributed by atoms with E-state index in [0.717, 1.165) is 35.9 Å². The lowest BCUT2D eigenvalue weighted by Crippen LogP contribution is -2.44. The molecule has 0 bridgehead atoms. The molecule has 2 aliphatic rings. The lowest BCUT2D eigenvalue weighted by atomic mass is 10.0. The van der Waals surface area contributed by atoms with Gasteiger partial charge in [-0.15, -0.1) is 0 Å². The second-order valence-electron chi connectivity index (χ2n) is 15.9. The molecule has 4 aromatic carbocycles. The van der Waals surface area contributed by atoms with Crippen molar-refractivity contribution >= 4 is 28.9 Å². The topological polar surface area (TPSA) is 191 Å². The number of fused-ring (bicyclic) bond motifs is 1. The molecule has 0 radical (unpaired) electrons. The minimum absolute atomic E-state index is 0.196. The molecule has 3 amide bonds. The number of nitrogens with one attached hydrogen (secondary N) is 4. The van der Waals surface area contributed by atoms with Gasteiger partial charge >= 0.3 is 6.09 Å². The highest BCUT2D eigenvalue weighted by molar-refractivity contribution is 5.88. The van der Waals surface area contributed by atoms with Gasteiger partial charge in [-0.1, -0.05) is 66.7 Å².